The molecule has 3 aromatic heterocycles. The SMILES string of the molecule is Brc1ccc(-c2ccccc2)cc1.c1ccc(-c2ccc(-n3c4ccccc4c4cc(-c5ccc6c(c5)c5ccccc5n6-c5nc(-c6ccccc6)cc(-c6ccccc6)n5)ccc43)cc2)cc1. The van der Waals surface area contributed by atoms with Gasteiger partial charge in [-0.3, -0.25) is 4.57 Å². The molecule has 13 aromatic rings. The van der Waals surface area contributed by atoms with Crippen LogP contribution in [0.3, 0.4) is 0 Å². The molecule has 0 radical (unpaired) electrons. The molecule has 4 nitrogen and oxygen atoms in total. The standard InChI is InChI=1S/C52H34N4.C12H9Br/c1-4-14-35(15-5-1)36-24-28-41(29-25-36)55-48-22-12-10-20-42(48)44-32-39(26-30-50(44)55)40-27-31-51-45(33-40)43-21-11-13-23-49(43)56(51)52-53-46(37-16-6-2-7-17-37)34-47(54-52)38-18-8-3-9-19-38;13-12-8-6-11(7-9-12)10-4-2-1-3-5-10/h1-34H;1-9H. The largest absolute Gasteiger partial charge is 0.309 e. The van der Waals surface area contributed by atoms with Gasteiger partial charge in [0.1, 0.15) is 0 Å². The minimum atomic E-state index is 0.648. The van der Waals surface area contributed by atoms with Crippen LogP contribution in [0.4, 0.5) is 0 Å². The molecule has 0 atom stereocenters. The van der Waals surface area contributed by atoms with Gasteiger partial charge in [0.25, 0.3) is 0 Å². The van der Waals surface area contributed by atoms with Crippen molar-refractivity contribution in [2.45, 2.75) is 0 Å². The number of rotatable bonds is 7. The maximum atomic E-state index is 5.21. The summed E-state index contributed by atoms with van der Waals surface area (Å²) in [6.07, 6.45) is 0. The lowest BCUT2D eigenvalue weighted by Gasteiger charge is -2.12. The molecule has 3 heterocycles. The van der Waals surface area contributed by atoms with Gasteiger partial charge in [-0.1, -0.05) is 210 Å². The van der Waals surface area contributed by atoms with E-state index in [-0.39, 0.29) is 0 Å². The third-order valence-electron chi connectivity index (χ3n) is 12.9. The number of hydrogen-bond acceptors (Lipinski definition) is 2. The highest BCUT2D eigenvalue weighted by Crippen LogP contribution is 2.39. The molecule has 0 saturated carbocycles. The van der Waals surface area contributed by atoms with E-state index in [4.69, 9.17) is 9.97 Å². The molecule has 0 bridgehead atoms. The summed E-state index contributed by atoms with van der Waals surface area (Å²) in [6.45, 7) is 0. The Hall–Kier alpha value is -8.64. The first-order valence-corrected chi connectivity index (χ1v) is 24.0. The van der Waals surface area contributed by atoms with E-state index in [1.165, 1.54) is 49.6 Å². The van der Waals surface area contributed by atoms with Crippen LogP contribution in [0.15, 0.2) is 265 Å². The fourth-order valence-electron chi connectivity index (χ4n) is 9.55. The molecule has 0 aliphatic carbocycles. The minimum Gasteiger partial charge on any atom is -0.309 e. The smallest absolute Gasteiger partial charge is 0.235 e. The van der Waals surface area contributed by atoms with Crippen molar-refractivity contribution in [2.75, 3.05) is 0 Å². The zero-order chi connectivity index (χ0) is 46.1. The van der Waals surface area contributed by atoms with Crippen LogP contribution < -0.4 is 0 Å². The van der Waals surface area contributed by atoms with Gasteiger partial charge < -0.3 is 4.57 Å². The molecule has 0 spiro atoms. The summed E-state index contributed by atoms with van der Waals surface area (Å²) >= 11 is 3.42. The molecule has 0 amide bonds. The summed E-state index contributed by atoms with van der Waals surface area (Å²) in [7, 11) is 0. The summed E-state index contributed by atoms with van der Waals surface area (Å²) in [5.41, 5.74) is 16.8. The lowest BCUT2D eigenvalue weighted by atomic mass is 10.0. The van der Waals surface area contributed by atoms with Crippen molar-refractivity contribution in [1.82, 2.24) is 19.1 Å². The fraction of sp³-hybridized carbons (Fsp3) is 0. The molecule has 0 saturated heterocycles. The van der Waals surface area contributed by atoms with Crippen LogP contribution in [0, 0.1) is 0 Å². The molecule has 69 heavy (non-hydrogen) atoms. The molecule has 10 aromatic carbocycles. The fourth-order valence-corrected chi connectivity index (χ4v) is 9.82. The first-order valence-electron chi connectivity index (χ1n) is 23.2. The molecule has 0 fully saturated rings. The molecule has 0 unspecified atom stereocenters. The van der Waals surface area contributed by atoms with E-state index in [2.05, 4.69) is 268 Å². The number of hydrogen-bond donors (Lipinski definition) is 0. The summed E-state index contributed by atoms with van der Waals surface area (Å²) in [6, 6.07) is 91.9. The quantitative estimate of drug-likeness (QED) is 0.160. The Morgan fingerprint density at radius 1 is 0.261 bits per heavy atom. The zero-order valence-electron chi connectivity index (χ0n) is 37.5. The average molecular weight is 948 g/mol. The van der Waals surface area contributed by atoms with E-state index < -0.39 is 0 Å². The molecule has 13 rings (SSSR count). The van der Waals surface area contributed by atoms with E-state index in [9.17, 15) is 0 Å². The van der Waals surface area contributed by atoms with Crippen LogP contribution in [-0.4, -0.2) is 19.1 Å². The Balaban J connectivity index is 0.000000328. The van der Waals surface area contributed by atoms with Gasteiger partial charge in [-0.25, -0.2) is 9.97 Å². The topological polar surface area (TPSA) is 35.6 Å². The predicted molar refractivity (Wildman–Crippen MR) is 292 cm³/mol. The molecule has 0 aliphatic rings. The van der Waals surface area contributed by atoms with Crippen LogP contribution in [0.1, 0.15) is 0 Å². The van der Waals surface area contributed by atoms with E-state index in [1.54, 1.807) is 0 Å². The van der Waals surface area contributed by atoms with Gasteiger partial charge >= 0.3 is 0 Å². The van der Waals surface area contributed by atoms with Gasteiger partial charge in [0.15, 0.2) is 0 Å². The maximum Gasteiger partial charge on any atom is 0.235 e. The van der Waals surface area contributed by atoms with Gasteiger partial charge in [0, 0.05) is 42.8 Å². The highest BCUT2D eigenvalue weighted by molar-refractivity contribution is 9.10. The molecular weight excluding hydrogens is 905 g/mol. The Kier molecular flexibility index (Phi) is 11.0. The second kappa shape index (κ2) is 18.2. The molecule has 0 N–H and O–H groups in total. The summed E-state index contributed by atoms with van der Waals surface area (Å²) < 4.78 is 5.72. The minimum absolute atomic E-state index is 0.648. The average Bonchev–Trinajstić information content (AvgIpc) is 3.94. The second-order valence-corrected chi connectivity index (χ2v) is 18.0. The number of aromatic nitrogens is 4. The van der Waals surface area contributed by atoms with Crippen molar-refractivity contribution in [3.63, 3.8) is 0 Å². The Bertz CT molecular complexity index is 3860. The van der Waals surface area contributed by atoms with Crippen molar-refractivity contribution in [3.8, 4) is 67.5 Å². The van der Waals surface area contributed by atoms with E-state index >= 15 is 0 Å². The van der Waals surface area contributed by atoms with Crippen LogP contribution >= 0.6 is 15.9 Å². The third kappa shape index (κ3) is 8.09. The lowest BCUT2D eigenvalue weighted by Crippen LogP contribution is -2.03. The van der Waals surface area contributed by atoms with E-state index in [1.807, 2.05) is 18.2 Å². The molecule has 326 valence electrons. The highest BCUT2D eigenvalue weighted by atomic mass is 79.9. The highest BCUT2D eigenvalue weighted by Gasteiger charge is 2.19. The normalized spacial score (nSPS) is 11.3. The predicted octanol–water partition coefficient (Wildman–Crippen LogP) is 17.5. The maximum absolute atomic E-state index is 5.21. The van der Waals surface area contributed by atoms with Crippen LogP contribution in [0.5, 0.6) is 0 Å². The Morgan fingerprint density at radius 3 is 1.09 bits per heavy atom. The second-order valence-electron chi connectivity index (χ2n) is 17.1. The van der Waals surface area contributed by atoms with Crippen LogP contribution in [-0.2, 0) is 0 Å². The van der Waals surface area contributed by atoms with Gasteiger partial charge in [-0.15, -0.1) is 0 Å². The van der Waals surface area contributed by atoms with Gasteiger partial charge in [-0.05, 0) is 100 Å². The van der Waals surface area contributed by atoms with Crippen molar-refractivity contribution in [3.05, 3.63) is 265 Å². The van der Waals surface area contributed by atoms with Crippen LogP contribution in [0.25, 0.3) is 111 Å². The number of nitrogens with zero attached hydrogens (tertiary/aromatic N) is 4. The number of benzene rings is 10. The van der Waals surface area contributed by atoms with Crippen molar-refractivity contribution < 1.29 is 0 Å². The number of fused-ring (bicyclic) bond motifs is 6. The Morgan fingerprint density at radius 2 is 0.609 bits per heavy atom. The van der Waals surface area contributed by atoms with Crippen molar-refractivity contribution in [2.24, 2.45) is 0 Å². The molecule has 0 aliphatic heterocycles. The van der Waals surface area contributed by atoms with Crippen molar-refractivity contribution >= 4 is 59.5 Å². The summed E-state index contributed by atoms with van der Waals surface area (Å²) in [5, 5.41) is 4.79. The first-order chi connectivity index (χ1) is 34.1. The summed E-state index contributed by atoms with van der Waals surface area (Å²) in [4.78, 5) is 10.4. The van der Waals surface area contributed by atoms with Gasteiger partial charge in [-0.2, -0.15) is 0 Å². The van der Waals surface area contributed by atoms with E-state index in [0.717, 1.165) is 60.0 Å². The first kappa shape index (κ1) is 41.8. The lowest BCUT2D eigenvalue weighted by molar-refractivity contribution is 0.995. The van der Waals surface area contributed by atoms with E-state index in [0.29, 0.717) is 5.95 Å². The molecule has 5 heteroatoms. The molecular formula is C64H43BrN4. The monoisotopic (exact) mass is 946 g/mol. The van der Waals surface area contributed by atoms with Crippen molar-refractivity contribution in [1.29, 1.82) is 0 Å². The van der Waals surface area contributed by atoms with Crippen LogP contribution in [0.2, 0.25) is 0 Å². The zero-order valence-corrected chi connectivity index (χ0v) is 39.1. The third-order valence-corrected chi connectivity index (χ3v) is 13.4. The number of halogens is 1. The Labute approximate surface area is 409 Å². The van der Waals surface area contributed by atoms with Gasteiger partial charge in [0.2, 0.25) is 5.95 Å². The summed E-state index contributed by atoms with van der Waals surface area (Å²) in [5.74, 6) is 0.648. The number of para-hydroxylation sites is 2. The van der Waals surface area contributed by atoms with Gasteiger partial charge in [0.05, 0.1) is 33.5 Å².